The maximum Gasteiger partial charge on any atom is 0.0873 e. The van der Waals surface area contributed by atoms with Crippen molar-refractivity contribution in [1.82, 2.24) is 0 Å². The van der Waals surface area contributed by atoms with Crippen LogP contribution >= 0.6 is 11.8 Å². The lowest BCUT2D eigenvalue weighted by atomic mass is 9.78. The van der Waals surface area contributed by atoms with Gasteiger partial charge >= 0.3 is 0 Å². The Bertz CT molecular complexity index is 432. The standard InChI is InChI=1S/C19H28OS/c1-3-19(12-8-14-21-16-19)11-7-13-20-15-17(2)18-9-5-4-6-10-18/h4-6,9-10,15H,3,7-8,11-14,16H2,1-2H3/b17-15-. The van der Waals surface area contributed by atoms with E-state index < -0.39 is 0 Å². The van der Waals surface area contributed by atoms with Crippen molar-refractivity contribution in [3.63, 3.8) is 0 Å². The number of thioether (sulfide) groups is 1. The van der Waals surface area contributed by atoms with Crippen LogP contribution in [0.15, 0.2) is 36.6 Å². The Morgan fingerprint density at radius 1 is 1.33 bits per heavy atom. The molecule has 1 atom stereocenters. The van der Waals surface area contributed by atoms with Gasteiger partial charge in [-0.2, -0.15) is 11.8 Å². The number of allylic oxidation sites excluding steroid dienone is 1. The second-order valence-electron chi connectivity index (χ2n) is 6.15. The van der Waals surface area contributed by atoms with Gasteiger partial charge in [-0.15, -0.1) is 0 Å². The quantitative estimate of drug-likeness (QED) is 0.467. The van der Waals surface area contributed by atoms with E-state index in [4.69, 9.17) is 4.74 Å². The van der Waals surface area contributed by atoms with Gasteiger partial charge in [-0.1, -0.05) is 37.3 Å². The summed E-state index contributed by atoms with van der Waals surface area (Å²) in [4.78, 5) is 0. The minimum atomic E-state index is 0.588. The largest absolute Gasteiger partial charge is 0.501 e. The van der Waals surface area contributed by atoms with Crippen molar-refractivity contribution in [2.45, 2.75) is 46.0 Å². The number of hydrogen-bond acceptors (Lipinski definition) is 2. The van der Waals surface area contributed by atoms with Crippen LogP contribution < -0.4 is 0 Å². The van der Waals surface area contributed by atoms with Gasteiger partial charge in [-0.05, 0) is 67.1 Å². The molecular weight excluding hydrogens is 276 g/mol. The Hall–Kier alpha value is -0.890. The van der Waals surface area contributed by atoms with E-state index in [1.165, 1.54) is 54.7 Å². The second kappa shape index (κ2) is 8.53. The fourth-order valence-electron chi connectivity index (χ4n) is 3.05. The van der Waals surface area contributed by atoms with E-state index in [1.807, 2.05) is 12.3 Å². The highest BCUT2D eigenvalue weighted by molar-refractivity contribution is 7.99. The molecule has 0 amide bonds. The number of hydrogen-bond donors (Lipinski definition) is 0. The van der Waals surface area contributed by atoms with E-state index in [1.54, 1.807) is 0 Å². The number of rotatable bonds is 7. The van der Waals surface area contributed by atoms with Crippen molar-refractivity contribution in [3.05, 3.63) is 42.2 Å². The third-order valence-corrected chi connectivity index (χ3v) is 6.01. The third-order valence-electron chi connectivity index (χ3n) is 4.61. The van der Waals surface area contributed by atoms with Gasteiger partial charge in [0.25, 0.3) is 0 Å². The van der Waals surface area contributed by atoms with Crippen LogP contribution in [0.1, 0.15) is 51.5 Å². The van der Waals surface area contributed by atoms with Crippen LogP contribution in [-0.4, -0.2) is 18.1 Å². The molecule has 0 radical (unpaired) electrons. The average molecular weight is 304 g/mol. The van der Waals surface area contributed by atoms with E-state index in [0.29, 0.717) is 5.41 Å². The molecule has 0 bridgehead atoms. The van der Waals surface area contributed by atoms with Crippen LogP contribution in [0.25, 0.3) is 5.57 Å². The summed E-state index contributed by atoms with van der Waals surface area (Å²) in [7, 11) is 0. The van der Waals surface area contributed by atoms with Gasteiger partial charge < -0.3 is 4.74 Å². The van der Waals surface area contributed by atoms with E-state index in [-0.39, 0.29) is 0 Å². The Balaban J connectivity index is 1.72. The summed E-state index contributed by atoms with van der Waals surface area (Å²) in [5.41, 5.74) is 3.03. The molecular formula is C19H28OS. The molecule has 0 spiro atoms. The SMILES string of the molecule is CCC1(CCCO/C=C(/C)c2ccccc2)CCCSC1. The molecule has 0 N–H and O–H groups in total. The van der Waals surface area contributed by atoms with Gasteiger partial charge in [-0.25, -0.2) is 0 Å². The zero-order valence-corrected chi connectivity index (χ0v) is 14.3. The smallest absolute Gasteiger partial charge is 0.0873 e. The first kappa shape index (κ1) is 16.5. The van der Waals surface area contributed by atoms with Gasteiger partial charge in [0.15, 0.2) is 0 Å². The summed E-state index contributed by atoms with van der Waals surface area (Å²) < 4.78 is 5.76. The average Bonchev–Trinajstić information content (AvgIpc) is 2.56. The predicted molar refractivity (Wildman–Crippen MR) is 94.6 cm³/mol. The molecule has 2 heteroatoms. The summed E-state index contributed by atoms with van der Waals surface area (Å²) in [6.45, 7) is 5.31. The molecule has 116 valence electrons. The van der Waals surface area contributed by atoms with Crippen LogP contribution in [-0.2, 0) is 4.74 Å². The summed E-state index contributed by atoms with van der Waals surface area (Å²) in [6.07, 6.45) is 8.53. The first-order valence-corrected chi connectivity index (χ1v) is 9.33. The van der Waals surface area contributed by atoms with Crippen LogP contribution in [0, 0.1) is 5.41 Å². The van der Waals surface area contributed by atoms with Crippen LogP contribution in [0.2, 0.25) is 0 Å². The fourth-order valence-corrected chi connectivity index (χ4v) is 4.46. The molecule has 1 aromatic carbocycles. The van der Waals surface area contributed by atoms with Crippen molar-refractivity contribution in [2.24, 2.45) is 5.41 Å². The molecule has 1 heterocycles. The molecule has 1 aliphatic heterocycles. The molecule has 1 saturated heterocycles. The van der Waals surface area contributed by atoms with Crippen molar-refractivity contribution >= 4 is 17.3 Å². The molecule has 1 aromatic rings. The highest BCUT2D eigenvalue weighted by Gasteiger charge is 2.29. The molecule has 1 nitrogen and oxygen atoms in total. The van der Waals surface area contributed by atoms with Gasteiger partial charge in [0.05, 0.1) is 12.9 Å². The zero-order valence-electron chi connectivity index (χ0n) is 13.4. The van der Waals surface area contributed by atoms with Crippen LogP contribution in [0.5, 0.6) is 0 Å². The van der Waals surface area contributed by atoms with E-state index in [9.17, 15) is 0 Å². The summed E-state index contributed by atoms with van der Waals surface area (Å²) in [6, 6.07) is 10.4. The third kappa shape index (κ3) is 5.10. The maximum absolute atomic E-state index is 5.76. The second-order valence-corrected chi connectivity index (χ2v) is 7.26. The van der Waals surface area contributed by atoms with Crippen molar-refractivity contribution in [2.75, 3.05) is 18.1 Å². The minimum absolute atomic E-state index is 0.588. The molecule has 0 aromatic heterocycles. The van der Waals surface area contributed by atoms with Gasteiger partial charge in [0.2, 0.25) is 0 Å². The molecule has 21 heavy (non-hydrogen) atoms. The Labute approximate surface area is 134 Å². The normalized spacial score (nSPS) is 23.0. The van der Waals surface area contributed by atoms with E-state index >= 15 is 0 Å². The predicted octanol–water partition coefficient (Wildman–Crippen LogP) is 5.77. The summed E-state index contributed by atoms with van der Waals surface area (Å²) in [5.74, 6) is 2.71. The van der Waals surface area contributed by atoms with E-state index in [0.717, 1.165) is 6.61 Å². The monoisotopic (exact) mass is 304 g/mol. The summed E-state index contributed by atoms with van der Waals surface area (Å²) in [5, 5.41) is 0. The number of ether oxygens (including phenoxy) is 1. The van der Waals surface area contributed by atoms with Crippen molar-refractivity contribution in [3.8, 4) is 0 Å². The molecule has 1 unspecified atom stereocenters. The Morgan fingerprint density at radius 3 is 2.81 bits per heavy atom. The highest BCUT2D eigenvalue weighted by atomic mass is 32.2. The molecule has 0 saturated carbocycles. The number of benzene rings is 1. The molecule has 2 rings (SSSR count). The molecule has 1 fully saturated rings. The Kier molecular flexibility index (Phi) is 6.69. The van der Waals surface area contributed by atoms with Crippen molar-refractivity contribution < 1.29 is 4.74 Å². The van der Waals surface area contributed by atoms with E-state index in [2.05, 4.69) is 49.9 Å². The van der Waals surface area contributed by atoms with Gasteiger partial charge in [0, 0.05) is 0 Å². The lowest BCUT2D eigenvalue weighted by Gasteiger charge is -2.36. The first-order chi connectivity index (χ1) is 10.3. The lowest BCUT2D eigenvalue weighted by Crippen LogP contribution is -2.27. The maximum atomic E-state index is 5.76. The summed E-state index contributed by atoms with van der Waals surface area (Å²) >= 11 is 2.14. The van der Waals surface area contributed by atoms with Crippen LogP contribution in [0.4, 0.5) is 0 Å². The zero-order chi connectivity index (χ0) is 15.0. The lowest BCUT2D eigenvalue weighted by molar-refractivity contribution is 0.195. The fraction of sp³-hybridized carbons (Fsp3) is 0.579. The van der Waals surface area contributed by atoms with Gasteiger partial charge in [0.1, 0.15) is 0 Å². The Morgan fingerprint density at radius 2 is 2.14 bits per heavy atom. The first-order valence-electron chi connectivity index (χ1n) is 8.17. The molecule has 0 aliphatic carbocycles. The van der Waals surface area contributed by atoms with Crippen LogP contribution in [0.3, 0.4) is 0 Å². The molecule has 1 aliphatic rings. The van der Waals surface area contributed by atoms with Gasteiger partial charge in [-0.3, -0.25) is 0 Å². The van der Waals surface area contributed by atoms with Crippen molar-refractivity contribution in [1.29, 1.82) is 0 Å². The highest BCUT2D eigenvalue weighted by Crippen LogP contribution is 2.41. The topological polar surface area (TPSA) is 9.23 Å². The minimum Gasteiger partial charge on any atom is -0.501 e.